The van der Waals surface area contributed by atoms with Crippen molar-refractivity contribution in [2.75, 3.05) is 7.11 Å². The lowest BCUT2D eigenvalue weighted by Crippen LogP contribution is -2.27. The highest BCUT2D eigenvalue weighted by Crippen LogP contribution is 2.45. The van der Waals surface area contributed by atoms with Crippen LogP contribution in [0.5, 0.6) is 5.88 Å². The first-order valence-corrected chi connectivity index (χ1v) is 7.93. The van der Waals surface area contributed by atoms with Crippen LogP contribution in [0.2, 0.25) is 0 Å². The van der Waals surface area contributed by atoms with E-state index in [0.29, 0.717) is 10.7 Å². The van der Waals surface area contributed by atoms with Crippen molar-refractivity contribution in [2.45, 2.75) is 13.8 Å². The van der Waals surface area contributed by atoms with Gasteiger partial charge in [0.05, 0.1) is 7.11 Å². The minimum absolute atomic E-state index is 0.354. The lowest BCUT2D eigenvalue weighted by atomic mass is 10.2. The molecule has 14 heteroatoms. The van der Waals surface area contributed by atoms with Crippen molar-refractivity contribution < 1.29 is 17.9 Å². The molecular weight excluding hydrogens is 462 g/mol. The van der Waals surface area contributed by atoms with E-state index in [1.165, 1.54) is 0 Å². The number of aromatic nitrogens is 2. The maximum atomic E-state index is 13.3. The number of methoxy groups -OCH3 is 1. The van der Waals surface area contributed by atoms with Gasteiger partial charge in [0.25, 0.3) is 0 Å². The third kappa shape index (κ3) is 3.94. The molecule has 0 fully saturated rings. The normalized spacial score (nSPS) is 16.3. The zero-order chi connectivity index (χ0) is 18.5. The van der Waals surface area contributed by atoms with Gasteiger partial charge in [-0.25, -0.2) is 4.68 Å². The Bertz CT molecular complexity index is 716. The van der Waals surface area contributed by atoms with E-state index in [2.05, 4.69) is 15.6 Å². The van der Waals surface area contributed by atoms with Crippen LogP contribution in [0.1, 0.15) is 5.69 Å². The molecule has 0 unspecified atom stereocenters. The number of alkyl halides is 9. The van der Waals surface area contributed by atoms with Gasteiger partial charge in [0.1, 0.15) is 17.1 Å². The molecule has 1 aromatic rings. The second kappa shape index (κ2) is 6.48. The Balaban J connectivity index is 2.78. The Labute approximate surface area is 163 Å². The predicted octanol–water partition coefficient (Wildman–Crippen LogP) is 4.79. The van der Waals surface area contributed by atoms with Crippen molar-refractivity contribution in [2.24, 2.45) is 5.10 Å². The zero-order valence-electron chi connectivity index (χ0n) is 11.2. The summed E-state index contributed by atoms with van der Waals surface area (Å²) in [6.45, 7) is 0. The summed E-state index contributed by atoms with van der Waals surface area (Å²) in [5.74, 6) is -0.367. The molecule has 0 bridgehead atoms. The van der Waals surface area contributed by atoms with E-state index in [1.54, 1.807) is 0 Å². The molecule has 2 rings (SSSR count). The zero-order valence-corrected chi connectivity index (χ0v) is 15.7. The van der Waals surface area contributed by atoms with E-state index in [0.717, 1.165) is 7.11 Å². The summed E-state index contributed by atoms with van der Waals surface area (Å²) in [4.78, 5) is 0. The van der Waals surface area contributed by atoms with Crippen LogP contribution in [0, 0.1) is 0 Å². The molecule has 0 aliphatic carbocycles. The molecule has 0 atom stereocenters. The second-order valence-corrected chi connectivity index (χ2v) is 8.79. The summed E-state index contributed by atoms with van der Waals surface area (Å²) in [6, 6.07) is 0.622. The Morgan fingerprint density at radius 3 is 2.04 bits per heavy atom. The smallest absolute Gasteiger partial charge is 0.433 e. The van der Waals surface area contributed by atoms with Crippen LogP contribution in [-0.4, -0.2) is 30.2 Å². The number of rotatable bonds is 2. The van der Waals surface area contributed by atoms with Crippen LogP contribution in [0.15, 0.2) is 16.9 Å². The van der Waals surface area contributed by atoms with E-state index in [1.807, 2.05) is 0 Å². The first kappa shape index (κ1) is 20.1. The molecule has 0 amide bonds. The monoisotopic (exact) mass is 463 g/mol. The van der Waals surface area contributed by atoms with Gasteiger partial charge in [-0.1, -0.05) is 69.6 Å². The Hall–Kier alpha value is -0.250. The summed E-state index contributed by atoms with van der Waals surface area (Å²) >= 11 is 34.4. The van der Waals surface area contributed by atoms with Crippen molar-refractivity contribution in [1.29, 1.82) is 0 Å². The fraction of sp³-hybridized carbons (Fsp3) is 0.400. The third-order valence-electron chi connectivity index (χ3n) is 2.63. The lowest BCUT2D eigenvalue weighted by Gasteiger charge is -2.19. The molecule has 133 valence electrons. The molecule has 1 aliphatic heterocycles. The van der Waals surface area contributed by atoms with Crippen LogP contribution in [0.4, 0.5) is 13.2 Å². The summed E-state index contributed by atoms with van der Waals surface area (Å²) in [7, 11) is 1.13. The van der Waals surface area contributed by atoms with E-state index < -0.39 is 36.6 Å². The van der Waals surface area contributed by atoms with Gasteiger partial charge in [-0.05, 0) is 0 Å². The van der Waals surface area contributed by atoms with Gasteiger partial charge in [0.2, 0.25) is 13.5 Å². The lowest BCUT2D eigenvalue weighted by molar-refractivity contribution is -0.142. The van der Waals surface area contributed by atoms with Gasteiger partial charge in [0.15, 0.2) is 5.69 Å². The fourth-order valence-corrected chi connectivity index (χ4v) is 2.48. The molecule has 24 heavy (non-hydrogen) atoms. The maximum absolute atomic E-state index is 13.3. The van der Waals surface area contributed by atoms with Gasteiger partial charge < -0.3 is 4.74 Å². The Morgan fingerprint density at radius 2 is 1.62 bits per heavy atom. The Morgan fingerprint density at radius 1 is 1.04 bits per heavy atom. The standard InChI is InChI=1S/C10H4Cl6F3N4O/c1-24-4-2-3(10(17,18)19)23(22-4)5-6(8(11,12)13)20-21-7(5)9(14,15)16/h2H,1H3. The highest BCUT2D eigenvalue weighted by molar-refractivity contribution is 6.80. The van der Waals surface area contributed by atoms with E-state index in [9.17, 15) is 13.2 Å². The van der Waals surface area contributed by atoms with Gasteiger partial charge in [0, 0.05) is 6.07 Å². The van der Waals surface area contributed by atoms with Crippen molar-refractivity contribution in [1.82, 2.24) is 15.2 Å². The highest BCUT2D eigenvalue weighted by atomic mass is 35.6. The first-order valence-electron chi connectivity index (χ1n) is 5.66. The van der Waals surface area contributed by atoms with Crippen LogP contribution >= 0.6 is 69.6 Å². The average Bonchev–Trinajstić information content (AvgIpc) is 3.00. The topological polar surface area (TPSA) is 53.5 Å². The molecule has 1 aliphatic rings. The van der Waals surface area contributed by atoms with Crippen molar-refractivity contribution in [3.05, 3.63) is 17.5 Å². The fourth-order valence-electron chi connectivity index (χ4n) is 1.72. The van der Waals surface area contributed by atoms with Crippen molar-refractivity contribution in [3.8, 4) is 5.88 Å². The molecule has 1 aromatic heterocycles. The first-order chi connectivity index (χ1) is 10.8. The van der Waals surface area contributed by atoms with Gasteiger partial charge in [-0.2, -0.15) is 13.2 Å². The van der Waals surface area contributed by atoms with Crippen LogP contribution in [-0.2, 0) is 6.18 Å². The molecule has 2 heterocycles. The Kier molecular flexibility index (Phi) is 5.42. The highest BCUT2D eigenvalue weighted by Gasteiger charge is 2.47. The van der Waals surface area contributed by atoms with Crippen LogP contribution in [0.3, 0.4) is 0 Å². The third-order valence-corrected chi connectivity index (χ3v) is 3.71. The molecule has 0 saturated carbocycles. The number of nitrogens with zero attached hydrogens (tertiary/aromatic N) is 4. The molecule has 1 radical (unpaired) electrons. The van der Waals surface area contributed by atoms with E-state index >= 15 is 0 Å². The summed E-state index contributed by atoms with van der Waals surface area (Å²) in [5.41, 5.74) is 0.743. The van der Waals surface area contributed by atoms with Gasteiger partial charge in [-0.15, -0.1) is 15.6 Å². The number of halogens is 9. The molecule has 0 aromatic carbocycles. The predicted molar refractivity (Wildman–Crippen MR) is 87.1 cm³/mol. The van der Waals surface area contributed by atoms with Gasteiger partial charge in [-0.3, -0.25) is 0 Å². The maximum Gasteiger partial charge on any atom is 0.433 e. The molecular formula is C10H4Cl6F3N4O. The molecule has 5 nitrogen and oxygen atoms in total. The average molecular weight is 466 g/mol. The molecule has 0 spiro atoms. The number of ether oxygens (including phenoxy) is 1. The number of hydrogen-bond donors (Lipinski definition) is 0. The van der Waals surface area contributed by atoms with E-state index in [-0.39, 0.29) is 5.88 Å². The van der Waals surface area contributed by atoms with Crippen molar-refractivity contribution >= 4 is 81.0 Å². The minimum atomic E-state index is -4.84. The molecule has 0 N–H and O–H groups in total. The minimum Gasteiger partial charge on any atom is -0.480 e. The number of allylic oxidation sites excluding steroid dienone is 2. The number of hydrogen-bond acceptors (Lipinski definition) is 3. The van der Waals surface area contributed by atoms with Crippen molar-refractivity contribution in [3.63, 3.8) is 0 Å². The SMILES string of the molecule is COc1cc(C(F)(F)F)n(C2=C(C(Cl)(Cl)Cl)[N]N=C2C(Cl)(Cl)Cl)n1. The second-order valence-electron chi connectivity index (χ2n) is 4.22. The van der Waals surface area contributed by atoms with Crippen LogP contribution in [0.25, 0.3) is 5.70 Å². The van der Waals surface area contributed by atoms with Crippen LogP contribution < -0.4 is 10.2 Å². The quantitative estimate of drug-likeness (QED) is 0.589. The summed E-state index contributed by atoms with van der Waals surface area (Å²) in [6.07, 6.45) is -4.84. The van der Waals surface area contributed by atoms with Gasteiger partial charge >= 0.3 is 6.18 Å². The summed E-state index contributed by atoms with van der Waals surface area (Å²) in [5, 5.41) is 7.15. The summed E-state index contributed by atoms with van der Waals surface area (Å²) < 4.78 is 40.4. The molecule has 0 saturated heterocycles. The van der Waals surface area contributed by atoms with E-state index in [4.69, 9.17) is 74.3 Å². The largest absolute Gasteiger partial charge is 0.480 e.